The van der Waals surface area contributed by atoms with Gasteiger partial charge in [-0.3, -0.25) is 0 Å². The number of amides is 1. The van der Waals surface area contributed by atoms with Crippen molar-refractivity contribution in [3.8, 4) is 0 Å². The first-order valence-electron chi connectivity index (χ1n) is 14.3. The van der Waals surface area contributed by atoms with Crippen molar-refractivity contribution in [1.82, 2.24) is 24.2 Å². The zero-order valence-corrected chi connectivity index (χ0v) is 24.5. The molecule has 1 aliphatic carbocycles. The molecule has 3 saturated heterocycles. The molecule has 0 atom stereocenters. The lowest BCUT2D eigenvalue weighted by atomic mass is 9.79. The summed E-state index contributed by atoms with van der Waals surface area (Å²) in [7, 11) is -3.19. The van der Waals surface area contributed by atoms with Crippen molar-refractivity contribution in [2.24, 2.45) is 5.41 Å². The number of nitrogens with one attached hydrogen (secondary N) is 1. The van der Waals surface area contributed by atoms with Crippen LogP contribution >= 0.6 is 0 Å². The van der Waals surface area contributed by atoms with E-state index in [4.69, 9.17) is 4.74 Å². The van der Waals surface area contributed by atoms with Crippen molar-refractivity contribution >= 4 is 38.8 Å². The summed E-state index contributed by atoms with van der Waals surface area (Å²) >= 11 is 0. The number of alkyl halides is 2. The number of rotatable bonds is 6. The van der Waals surface area contributed by atoms with Crippen LogP contribution in [-0.4, -0.2) is 94.8 Å². The van der Waals surface area contributed by atoms with Crippen molar-refractivity contribution in [3.63, 3.8) is 0 Å². The average Bonchev–Trinajstić information content (AvgIpc) is 3.65. The fraction of sp³-hybridized carbons (Fsp3) is 0.704. The second-order valence-electron chi connectivity index (χ2n) is 12.9. The van der Waals surface area contributed by atoms with Gasteiger partial charge in [-0.1, -0.05) is 0 Å². The third-order valence-corrected chi connectivity index (χ3v) is 10.7. The predicted octanol–water partition coefficient (Wildman–Crippen LogP) is 3.78. The lowest BCUT2D eigenvalue weighted by molar-refractivity contribution is 0.0265. The molecule has 0 aromatic carbocycles. The molecule has 11 nitrogen and oxygen atoms in total. The summed E-state index contributed by atoms with van der Waals surface area (Å²) < 4.78 is 59.7. The molecule has 1 spiro atoms. The number of carbonyl (C=O) groups excluding carboxylic acids is 1. The summed E-state index contributed by atoms with van der Waals surface area (Å²) in [6.45, 7) is 8.68. The number of ether oxygens (including phenoxy) is 1. The summed E-state index contributed by atoms with van der Waals surface area (Å²) in [5.41, 5.74) is -0.566. The fourth-order valence-electron chi connectivity index (χ4n) is 6.05. The zero-order chi connectivity index (χ0) is 29.2. The third-order valence-electron chi connectivity index (χ3n) is 8.33. The van der Waals surface area contributed by atoms with Crippen LogP contribution in [-0.2, 0) is 14.8 Å². The van der Waals surface area contributed by atoms with Gasteiger partial charge in [-0.15, -0.1) is 0 Å². The lowest BCUT2D eigenvalue weighted by Crippen LogP contribution is -2.58. The first-order valence-corrected chi connectivity index (χ1v) is 15.8. The normalized spacial score (nSPS) is 22.0. The van der Waals surface area contributed by atoms with Gasteiger partial charge < -0.3 is 19.9 Å². The molecule has 41 heavy (non-hydrogen) atoms. The van der Waals surface area contributed by atoms with E-state index in [1.54, 1.807) is 9.21 Å². The summed E-state index contributed by atoms with van der Waals surface area (Å²) in [4.78, 5) is 29.6. The minimum atomic E-state index is -3.19. The van der Waals surface area contributed by atoms with Gasteiger partial charge in [-0.05, 0) is 58.9 Å². The molecule has 14 heteroatoms. The highest BCUT2D eigenvalue weighted by molar-refractivity contribution is 7.90. The highest BCUT2D eigenvalue weighted by Gasteiger charge is 2.50. The van der Waals surface area contributed by atoms with Crippen LogP contribution in [0.5, 0.6) is 0 Å². The Morgan fingerprint density at radius 2 is 1.80 bits per heavy atom. The van der Waals surface area contributed by atoms with E-state index >= 15 is 0 Å². The van der Waals surface area contributed by atoms with E-state index in [2.05, 4.69) is 20.3 Å². The number of piperidine rings is 1. The summed E-state index contributed by atoms with van der Waals surface area (Å²) in [6, 6.07) is 1.32. The Kier molecular flexibility index (Phi) is 6.99. The average molecular weight is 594 g/mol. The van der Waals surface area contributed by atoms with Gasteiger partial charge in [0.05, 0.1) is 5.25 Å². The monoisotopic (exact) mass is 593 g/mol. The minimum absolute atomic E-state index is 0.000506. The van der Waals surface area contributed by atoms with Crippen molar-refractivity contribution in [1.29, 1.82) is 0 Å². The molecule has 1 N–H and O–H groups in total. The molecule has 2 aromatic rings. The highest BCUT2D eigenvalue weighted by atomic mass is 32.2. The maximum Gasteiger partial charge on any atom is 0.410 e. The Morgan fingerprint density at radius 3 is 2.44 bits per heavy atom. The van der Waals surface area contributed by atoms with E-state index in [0.29, 0.717) is 74.8 Å². The first kappa shape index (κ1) is 28.3. The van der Waals surface area contributed by atoms with Crippen LogP contribution in [0.3, 0.4) is 0 Å². The second-order valence-corrected chi connectivity index (χ2v) is 15.1. The molecule has 3 aliphatic heterocycles. The van der Waals surface area contributed by atoms with Crippen LogP contribution in [0.1, 0.15) is 65.0 Å². The van der Waals surface area contributed by atoms with E-state index in [-0.39, 0.29) is 28.5 Å². The minimum Gasteiger partial charge on any atom is -0.444 e. The van der Waals surface area contributed by atoms with Crippen molar-refractivity contribution < 1.29 is 26.7 Å². The Labute approximate surface area is 238 Å². The van der Waals surface area contributed by atoms with E-state index in [9.17, 15) is 22.0 Å². The number of pyridine rings is 1. The van der Waals surface area contributed by atoms with Crippen LogP contribution in [0.4, 0.5) is 25.3 Å². The van der Waals surface area contributed by atoms with Gasteiger partial charge in [0, 0.05) is 62.3 Å². The van der Waals surface area contributed by atoms with Gasteiger partial charge in [-0.25, -0.2) is 41.3 Å². The largest absolute Gasteiger partial charge is 0.444 e. The van der Waals surface area contributed by atoms with Gasteiger partial charge >= 0.3 is 6.09 Å². The molecule has 1 amide bonds. The van der Waals surface area contributed by atoms with E-state index < -0.39 is 22.0 Å². The lowest BCUT2D eigenvalue weighted by Gasteiger charge is -2.48. The van der Waals surface area contributed by atoms with Crippen LogP contribution in [0.2, 0.25) is 0 Å². The number of fused-ring (bicyclic) bond motifs is 1. The van der Waals surface area contributed by atoms with Gasteiger partial charge in [0.2, 0.25) is 16.0 Å². The van der Waals surface area contributed by atoms with Crippen LogP contribution in [0.15, 0.2) is 12.3 Å². The molecule has 0 bridgehead atoms. The molecule has 0 radical (unpaired) electrons. The number of hydrogen-bond acceptors (Lipinski definition) is 9. The van der Waals surface area contributed by atoms with Crippen LogP contribution in [0.25, 0.3) is 10.9 Å². The Morgan fingerprint density at radius 1 is 1.10 bits per heavy atom. The van der Waals surface area contributed by atoms with E-state index in [1.165, 1.54) is 12.3 Å². The molecule has 224 valence electrons. The third kappa shape index (κ3) is 5.77. The van der Waals surface area contributed by atoms with Gasteiger partial charge in [0.25, 0.3) is 6.43 Å². The molecule has 1 saturated carbocycles. The first-order chi connectivity index (χ1) is 19.3. The molecular weight excluding hydrogens is 556 g/mol. The number of sulfonamides is 1. The van der Waals surface area contributed by atoms with Gasteiger partial charge in [-0.2, -0.15) is 0 Å². The maximum atomic E-state index is 13.7. The van der Waals surface area contributed by atoms with Crippen LogP contribution < -0.4 is 10.2 Å². The number of likely N-dealkylation sites (tertiary alicyclic amines) is 1. The maximum absolute atomic E-state index is 13.7. The number of nitrogens with zero attached hydrogens (tertiary/aromatic N) is 6. The number of halogens is 2. The SMILES string of the molecule is CC(C)(C)OC(=O)N1CCC2(C1)CN(c1nc(C(F)F)cc3cnc(NC4CCN(S(=O)(=O)C5CC5)CC4)nc13)C2. The van der Waals surface area contributed by atoms with Crippen molar-refractivity contribution in [2.45, 2.75) is 76.2 Å². The summed E-state index contributed by atoms with van der Waals surface area (Å²) in [6.07, 6.45) is 2.00. The topological polar surface area (TPSA) is 121 Å². The van der Waals surface area contributed by atoms with E-state index in [1.807, 2.05) is 25.7 Å². The number of carbonyl (C=O) groups is 1. The molecule has 2 aromatic heterocycles. The Bertz CT molecular complexity index is 1430. The zero-order valence-electron chi connectivity index (χ0n) is 23.6. The standard InChI is InChI=1S/C27H37F2N7O4S/c1-26(2,3)40-25(37)34-11-8-27(14-34)15-35(16-27)23-21-17(12-20(32-23)22(28)29)13-30-24(33-21)31-18-6-9-36(10-7-18)41(38,39)19-4-5-19/h12-13,18-19,22H,4-11,14-16H2,1-3H3,(H,30,31,33). The Balaban J connectivity index is 1.16. The molecule has 0 unspecified atom stereocenters. The van der Waals surface area contributed by atoms with Crippen molar-refractivity contribution in [2.75, 3.05) is 49.5 Å². The summed E-state index contributed by atoms with van der Waals surface area (Å²) in [5, 5.41) is 3.58. The quantitative estimate of drug-likeness (QED) is 0.534. The fourth-order valence-corrected chi connectivity index (χ4v) is 7.92. The number of hydrogen-bond donors (Lipinski definition) is 1. The highest BCUT2D eigenvalue weighted by Crippen LogP contribution is 2.43. The summed E-state index contributed by atoms with van der Waals surface area (Å²) in [5.74, 6) is 0.746. The van der Waals surface area contributed by atoms with Gasteiger partial charge in [0.1, 0.15) is 16.8 Å². The molecule has 5 heterocycles. The molecular formula is C27H37F2N7O4S. The van der Waals surface area contributed by atoms with Gasteiger partial charge in [0.15, 0.2) is 5.82 Å². The van der Waals surface area contributed by atoms with E-state index in [0.717, 1.165) is 19.3 Å². The van der Waals surface area contributed by atoms with Crippen LogP contribution in [0, 0.1) is 5.41 Å². The predicted molar refractivity (Wildman–Crippen MR) is 150 cm³/mol. The van der Waals surface area contributed by atoms with Crippen molar-refractivity contribution in [3.05, 3.63) is 18.0 Å². The molecule has 4 fully saturated rings. The Hall–Kier alpha value is -2.87. The smallest absolute Gasteiger partial charge is 0.410 e. The number of aromatic nitrogens is 3. The molecule has 6 rings (SSSR count). The second kappa shape index (κ2) is 10.1. The number of anilines is 2. The molecule has 4 aliphatic rings.